The Morgan fingerprint density at radius 1 is 1.00 bits per heavy atom. The molecule has 1 aromatic carbocycles. The van der Waals surface area contributed by atoms with Gasteiger partial charge in [-0.3, -0.25) is 9.59 Å². The normalized spacial score (nSPS) is 30.7. The number of carbonyl (C=O) groups is 2. The van der Waals surface area contributed by atoms with E-state index in [1.54, 1.807) is 11.0 Å². The number of aliphatic carboxylic acids is 1. The summed E-state index contributed by atoms with van der Waals surface area (Å²) in [5, 5.41) is 10.5. The van der Waals surface area contributed by atoms with Crippen LogP contribution in [0.25, 0.3) is 0 Å². The second-order valence-electron chi connectivity index (χ2n) is 7.09. The Balaban J connectivity index is 1.42. The number of halogens is 2. The number of hydrogen-bond donors (Lipinski definition) is 1. The van der Waals surface area contributed by atoms with Crippen molar-refractivity contribution in [1.29, 1.82) is 0 Å². The molecular weight excluding hydrogens is 379 g/mol. The second-order valence-corrected chi connectivity index (χ2v) is 7.91. The number of fused-ring (bicyclic) bond motifs is 2. The Bertz CT molecular complexity index is 736. The number of nitrogens with zero attached hydrogens (tertiary/aromatic N) is 2. The summed E-state index contributed by atoms with van der Waals surface area (Å²) in [5.41, 5.74) is 0.971. The number of ether oxygens (including phenoxy) is 1. The zero-order chi connectivity index (χ0) is 18.4. The molecule has 4 rings (SSSR count). The summed E-state index contributed by atoms with van der Waals surface area (Å²) in [4.78, 5) is 28.5. The minimum atomic E-state index is -0.926. The maximum atomic E-state index is 13.0. The maximum Gasteiger partial charge on any atom is 0.310 e. The van der Waals surface area contributed by atoms with Crippen molar-refractivity contribution in [2.45, 2.75) is 25.0 Å². The highest BCUT2D eigenvalue weighted by atomic mass is 35.5. The van der Waals surface area contributed by atoms with Crippen LogP contribution in [0, 0.1) is 11.8 Å². The van der Waals surface area contributed by atoms with Gasteiger partial charge in [0.2, 0.25) is 5.91 Å². The zero-order valence-electron chi connectivity index (χ0n) is 14.1. The lowest BCUT2D eigenvalue weighted by Crippen LogP contribution is -2.53. The molecule has 3 aliphatic heterocycles. The molecule has 8 heteroatoms. The average molecular weight is 399 g/mol. The van der Waals surface area contributed by atoms with Crippen molar-refractivity contribution in [1.82, 2.24) is 4.90 Å². The van der Waals surface area contributed by atoms with E-state index < -0.39 is 17.8 Å². The fraction of sp³-hybridized carbons (Fsp3) is 0.556. The van der Waals surface area contributed by atoms with Gasteiger partial charge in [0, 0.05) is 31.9 Å². The molecular formula is C18H20Cl2N2O4. The summed E-state index contributed by atoms with van der Waals surface area (Å²) in [6.07, 6.45) is 0.940. The smallest absolute Gasteiger partial charge is 0.310 e. The number of hydrogen-bond acceptors (Lipinski definition) is 4. The minimum Gasteiger partial charge on any atom is -0.481 e. The highest BCUT2D eigenvalue weighted by Crippen LogP contribution is 2.44. The number of amides is 1. The molecule has 1 N–H and O–H groups in total. The first kappa shape index (κ1) is 17.9. The van der Waals surface area contributed by atoms with Crippen LogP contribution in [0.2, 0.25) is 10.0 Å². The number of piperazine rings is 1. The van der Waals surface area contributed by atoms with Gasteiger partial charge in [0.15, 0.2) is 0 Å². The number of carboxylic acids is 1. The van der Waals surface area contributed by atoms with Crippen LogP contribution in [0.3, 0.4) is 0 Å². The van der Waals surface area contributed by atoms with E-state index in [9.17, 15) is 14.7 Å². The molecule has 4 atom stereocenters. The quantitative estimate of drug-likeness (QED) is 0.846. The summed E-state index contributed by atoms with van der Waals surface area (Å²) in [7, 11) is 0. The fourth-order valence-electron chi connectivity index (χ4n) is 4.38. The van der Waals surface area contributed by atoms with Gasteiger partial charge in [0.05, 0.1) is 34.1 Å². The fourth-order valence-corrected chi connectivity index (χ4v) is 4.68. The topological polar surface area (TPSA) is 70.1 Å². The van der Waals surface area contributed by atoms with Gasteiger partial charge in [-0.15, -0.1) is 0 Å². The van der Waals surface area contributed by atoms with Crippen LogP contribution in [0.1, 0.15) is 12.8 Å². The molecule has 140 valence electrons. The van der Waals surface area contributed by atoms with E-state index in [1.807, 2.05) is 12.1 Å². The highest BCUT2D eigenvalue weighted by molar-refractivity contribution is 6.42. The molecule has 0 radical (unpaired) electrons. The molecule has 0 saturated carbocycles. The Kier molecular flexibility index (Phi) is 4.75. The molecule has 26 heavy (non-hydrogen) atoms. The molecule has 0 spiro atoms. The van der Waals surface area contributed by atoms with Crippen molar-refractivity contribution in [2.24, 2.45) is 11.8 Å². The molecule has 3 aliphatic rings. The lowest BCUT2D eigenvalue weighted by atomic mass is 9.78. The summed E-state index contributed by atoms with van der Waals surface area (Å²) < 4.78 is 5.72. The van der Waals surface area contributed by atoms with Gasteiger partial charge in [-0.2, -0.15) is 0 Å². The Morgan fingerprint density at radius 3 is 2.27 bits per heavy atom. The van der Waals surface area contributed by atoms with E-state index in [0.717, 1.165) is 18.5 Å². The predicted molar refractivity (Wildman–Crippen MR) is 97.8 cm³/mol. The first-order chi connectivity index (χ1) is 12.5. The van der Waals surface area contributed by atoms with E-state index in [1.165, 1.54) is 0 Å². The molecule has 3 heterocycles. The lowest BCUT2D eigenvalue weighted by molar-refractivity contribution is -0.151. The molecule has 0 unspecified atom stereocenters. The van der Waals surface area contributed by atoms with Crippen molar-refractivity contribution in [2.75, 3.05) is 31.1 Å². The summed E-state index contributed by atoms with van der Waals surface area (Å²) >= 11 is 12.1. The van der Waals surface area contributed by atoms with Crippen LogP contribution in [0.4, 0.5) is 5.69 Å². The summed E-state index contributed by atoms with van der Waals surface area (Å²) in [6.45, 7) is 2.45. The average Bonchev–Trinajstić information content (AvgIpc) is 3.25. The summed E-state index contributed by atoms with van der Waals surface area (Å²) in [6, 6.07) is 5.50. The molecule has 1 amide bonds. The first-order valence-electron chi connectivity index (χ1n) is 8.83. The van der Waals surface area contributed by atoms with Gasteiger partial charge in [-0.25, -0.2) is 0 Å². The molecule has 0 aromatic heterocycles. The van der Waals surface area contributed by atoms with Crippen molar-refractivity contribution in [3.05, 3.63) is 28.2 Å². The predicted octanol–water partition coefficient (Wildman–Crippen LogP) is 2.52. The van der Waals surface area contributed by atoms with Gasteiger partial charge in [0.25, 0.3) is 0 Å². The second kappa shape index (κ2) is 6.91. The van der Waals surface area contributed by atoms with E-state index in [4.69, 9.17) is 27.9 Å². The van der Waals surface area contributed by atoms with Crippen molar-refractivity contribution in [3.63, 3.8) is 0 Å². The molecule has 1 aromatic rings. The largest absolute Gasteiger partial charge is 0.481 e. The van der Waals surface area contributed by atoms with Crippen molar-refractivity contribution >= 4 is 40.8 Å². The van der Waals surface area contributed by atoms with Crippen molar-refractivity contribution < 1.29 is 19.4 Å². The monoisotopic (exact) mass is 398 g/mol. The number of rotatable bonds is 3. The highest BCUT2D eigenvalue weighted by Gasteiger charge is 2.56. The SMILES string of the molecule is O=C(O)[C@@H]1[C@H](C(=O)N2CCN(c3ccc(Cl)c(Cl)c3)CC2)[C@H]2CC[C@@H]1O2. The van der Waals surface area contributed by atoms with Gasteiger partial charge in [0.1, 0.15) is 0 Å². The lowest BCUT2D eigenvalue weighted by Gasteiger charge is -2.38. The number of benzene rings is 1. The maximum absolute atomic E-state index is 13.0. The number of anilines is 1. The first-order valence-corrected chi connectivity index (χ1v) is 9.58. The van der Waals surface area contributed by atoms with Crippen LogP contribution >= 0.6 is 23.2 Å². The Hall–Kier alpha value is -1.50. The minimum absolute atomic E-state index is 0.0848. The Labute approximate surface area is 161 Å². The molecule has 0 aliphatic carbocycles. The number of carbonyl (C=O) groups excluding carboxylic acids is 1. The van der Waals surface area contributed by atoms with E-state index >= 15 is 0 Å². The summed E-state index contributed by atoms with van der Waals surface area (Å²) in [5.74, 6) is -2.28. The van der Waals surface area contributed by atoms with Crippen LogP contribution in [-0.2, 0) is 14.3 Å². The zero-order valence-corrected chi connectivity index (χ0v) is 15.6. The van der Waals surface area contributed by atoms with Crippen LogP contribution < -0.4 is 4.90 Å². The van der Waals surface area contributed by atoms with E-state index in [2.05, 4.69) is 4.90 Å². The van der Waals surface area contributed by atoms with Gasteiger partial charge >= 0.3 is 5.97 Å². The van der Waals surface area contributed by atoms with Crippen molar-refractivity contribution in [3.8, 4) is 0 Å². The van der Waals surface area contributed by atoms with E-state index in [-0.39, 0.29) is 18.1 Å². The molecule has 3 fully saturated rings. The van der Waals surface area contributed by atoms with Crippen LogP contribution in [0.5, 0.6) is 0 Å². The Morgan fingerprint density at radius 2 is 1.65 bits per heavy atom. The van der Waals surface area contributed by atoms with E-state index in [0.29, 0.717) is 36.2 Å². The third-order valence-corrected chi connectivity index (χ3v) is 6.44. The molecule has 2 bridgehead atoms. The van der Waals surface area contributed by atoms with Gasteiger partial charge < -0.3 is 19.6 Å². The van der Waals surface area contributed by atoms with Crippen LogP contribution in [0.15, 0.2) is 18.2 Å². The number of carboxylic acid groups (broad SMARTS) is 1. The van der Waals surface area contributed by atoms with Crippen LogP contribution in [-0.4, -0.2) is 60.3 Å². The standard InChI is InChI=1S/C18H20Cl2N2O4/c19-11-2-1-10(9-12(11)20)21-5-7-22(8-6-21)17(23)15-13-3-4-14(26-13)16(15)18(24)25/h1-2,9,13-16H,3-8H2,(H,24,25)/t13-,14+,15-,16+/m1/s1. The van der Waals surface area contributed by atoms with Gasteiger partial charge in [-0.1, -0.05) is 23.2 Å². The molecule has 6 nitrogen and oxygen atoms in total. The van der Waals surface area contributed by atoms with Gasteiger partial charge in [-0.05, 0) is 31.0 Å². The third-order valence-electron chi connectivity index (χ3n) is 5.70. The third kappa shape index (κ3) is 3.04. The molecule has 3 saturated heterocycles.